The van der Waals surface area contributed by atoms with Crippen LogP contribution >= 0.6 is 0 Å². The van der Waals surface area contributed by atoms with Gasteiger partial charge in [0.25, 0.3) is 5.92 Å². The molecule has 1 aliphatic heterocycles. The van der Waals surface area contributed by atoms with Gasteiger partial charge in [-0.15, -0.1) is 0 Å². The normalized spacial score (nSPS) is 15.7. The Bertz CT molecular complexity index is 374. The first-order valence-electron chi connectivity index (χ1n) is 5.38. The van der Waals surface area contributed by atoms with E-state index in [1.54, 1.807) is 6.07 Å². The van der Waals surface area contributed by atoms with Crippen LogP contribution in [0.3, 0.4) is 0 Å². The van der Waals surface area contributed by atoms with E-state index in [-0.39, 0.29) is 0 Å². The quantitative estimate of drug-likeness (QED) is 0.856. The molecule has 0 unspecified atom stereocenters. The Morgan fingerprint density at radius 2 is 2.19 bits per heavy atom. The van der Waals surface area contributed by atoms with Gasteiger partial charge in [-0.25, -0.2) is 8.78 Å². The highest BCUT2D eigenvalue weighted by Crippen LogP contribution is 2.22. The monoisotopic (exact) mass is 227 g/mol. The largest absolute Gasteiger partial charge is 0.487 e. The maximum atomic E-state index is 12.6. The number of fused-ring (bicyclic) bond motifs is 1. The van der Waals surface area contributed by atoms with Crippen molar-refractivity contribution in [2.24, 2.45) is 0 Å². The lowest BCUT2D eigenvalue weighted by atomic mass is 10.0. The number of halogens is 2. The summed E-state index contributed by atoms with van der Waals surface area (Å²) in [5, 5.41) is 3.24. The van der Waals surface area contributed by atoms with Crippen LogP contribution < -0.4 is 10.1 Å². The minimum Gasteiger partial charge on any atom is -0.487 e. The predicted molar refractivity (Wildman–Crippen MR) is 58.0 cm³/mol. The molecule has 0 atom stereocenters. The number of alkyl halides is 2. The van der Waals surface area contributed by atoms with Gasteiger partial charge in [0, 0.05) is 13.5 Å². The summed E-state index contributed by atoms with van der Waals surface area (Å²) in [6.07, 6.45) is 0.986. The van der Waals surface area contributed by atoms with Crippen molar-refractivity contribution >= 4 is 0 Å². The van der Waals surface area contributed by atoms with E-state index in [4.69, 9.17) is 4.74 Å². The first-order valence-corrected chi connectivity index (χ1v) is 5.38. The van der Waals surface area contributed by atoms with E-state index in [1.165, 1.54) is 5.56 Å². The van der Waals surface area contributed by atoms with Gasteiger partial charge in [-0.05, 0) is 36.2 Å². The van der Waals surface area contributed by atoms with Crippen LogP contribution in [0.15, 0.2) is 18.2 Å². The second-order valence-electron chi connectivity index (χ2n) is 4.22. The summed E-state index contributed by atoms with van der Waals surface area (Å²) in [6, 6.07) is 5.56. The molecule has 88 valence electrons. The molecule has 1 N–H and O–H groups in total. The SMILES string of the molecule is CC(F)(F)COc1ccc2c(c1)CNCC2. The van der Waals surface area contributed by atoms with Gasteiger partial charge in [-0.2, -0.15) is 0 Å². The van der Waals surface area contributed by atoms with Crippen molar-refractivity contribution in [1.29, 1.82) is 0 Å². The van der Waals surface area contributed by atoms with Gasteiger partial charge in [-0.3, -0.25) is 0 Å². The van der Waals surface area contributed by atoms with E-state index in [2.05, 4.69) is 5.32 Å². The van der Waals surface area contributed by atoms with Gasteiger partial charge in [-0.1, -0.05) is 6.07 Å². The number of benzene rings is 1. The van der Waals surface area contributed by atoms with Crippen LogP contribution in [-0.2, 0) is 13.0 Å². The average Bonchev–Trinajstić information content (AvgIpc) is 2.25. The Labute approximate surface area is 93.6 Å². The summed E-state index contributed by atoms with van der Waals surface area (Å²) in [6.45, 7) is 2.04. The van der Waals surface area contributed by atoms with E-state index in [1.807, 2.05) is 12.1 Å². The summed E-state index contributed by atoms with van der Waals surface area (Å²) in [5.41, 5.74) is 2.41. The van der Waals surface area contributed by atoms with Gasteiger partial charge in [0.2, 0.25) is 0 Å². The molecule has 4 heteroatoms. The average molecular weight is 227 g/mol. The second kappa shape index (κ2) is 4.37. The van der Waals surface area contributed by atoms with Crippen molar-refractivity contribution in [1.82, 2.24) is 5.32 Å². The molecule has 0 aromatic heterocycles. The standard InChI is InChI=1S/C12H15F2NO/c1-12(13,14)8-16-11-3-2-9-4-5-15-7-10(9)6-11/h2-3,6,15H,4-5,7-8H2,1H3. The van der Waals surface area contributed by atoms with E-state index in [0.717, 1.165) is 32.0 Å². The summed E-state index contributed by atoms with van der Waals surface area (Å²) >= 11 is 0. The molecule has 0 bridgehead atoms. The summed E-state index contributed by atoms with van der Waals surface area (Å²) < 4.78 is 30.3. The number of rotatable bonds is 3. The molecule has 2 nitrogen and oxygen atoms in total. The lowest BCUT2D eigenvalue weighted by molar-refractivity contribution is -0.0229. The molecule has 0 spiro atoms. The molecule has 0 saturated heterocycles. The Hall–Kier alpha value is -1.16. The fourth-order valence-electron chi connectivity index (χ4n) is 1.76. The number of ether oxygens (including phenoxy) is 1. The molecular formula is C12H15F2NO. The molecular weight excluding hydrogens is 212 g/mol. The zero-order chi connectivity index (χ0) is 11.6. The van der Waals surface area contributed by atoms with Crippen LogP contribution in [0.25, 0.3) is 0 Å². The maximum absolute atomic E-state index is 12.6. The van der Waals surface area contributed by atoms with Crippen molar-refractivity contribution in [2.75, 3.05) is 13.2 Å². The Kier molecular flexibility index (Phi) is 3.10. The van der Waals surface area contributed by atoms with Crippen LogP contribution in [0, 0.1) is 0 Å². The van der Waals surface area contributed by atoms with E-state index in [0.29, 0.717) is 5.75 Å². The van der Waals surface area contributed by atoms with Crippen molar-refractivity contribution in [2.45, 2.75) is 25.8 Å². The molecule has 1 aromatic carbocycles. The topological polar surface area (TPSA) is 21.3 Å². The molecule has 16 heavy (non-hydrogen) atoms. The smallest absolute Gasteiger partial charge is 0.278 e. The third kappa shape index (κ3) is 2.92. The van der Waals surface area contributed by atoms with Gasteiger partial charge < -0.3 is 10.1 Å². The Morgan fingerprint density at radius 3 is 2.94 bits per heavy atom. The minimum absolute atomic E-state index is 0.518. The first kappa shape index (κ1) is 11.3. The van der Waals surface area contributed by atoms with Crippen molar-refractivity contribution in [3.8, 4) is 5.75 Å². The lowest BCUT2D eigenvalue weighted by Crippen LogP contribution is -2.24. The maximum Gasteiger partial charge on any atom is 0.278 e. The van der Waals surface area contributed by atoms with Crippen LogP contribution in [0.4, 0.5) is 8.78 Å². The summed E-state index contributed by atoms with van der Waals surface area (Å²) in [7, 11) is 0. The molecule has 0 saturated carbocycles. The number of hydrogen-bond donors (Lipinski definition) is 1. The highest BCUT2D eigenvalue weighted by Gasteiger charge is 2.22. The Morgan fingerprint density at radius 1 is 1.38 bits per heavy atom. The minimum atomic E-state index is -2.78. The Balaban J connectivity index is 2.06. The van der Waals surface area contributed by atoms with Crippen molar-refractivity contribution < 1.29 is 13.5 Å². The molecule has 0 radical (unpaired) electrons. The van der Waals surface area contributed by atoms with E-state index in [9.17, 15) is 8.78 Å². The van der Waals surface area contributed by atoms with Crippen molar-refractivity contribution in [3.05, 3.63) is 29.3 Å². The molecule has 0 amide bonds. The van der Waals surface area contributed by atoms with Crippen molar-refractivity contribution in [3.63, 3.8) is 0 Å². The molecule has 1 aliphatic rings. The third-order valence-electron chi connectivity index (χ3n) is 2.56. The highest BCUT2D eigenvalue weighted by atomic mass is 19.3. The molecule has 2 rings (SSSR count). The second-order valence-corrected chi connectivity index (χ2v) is 4.22. The highest BCUT2D eigenvalue weighted by molar-refractivity contribution is 5.37. The van der Waals surface area contributed by atoms with Crippen LogP contribution in [0.5, 0.6) is 5.75 Å². The molecule has 0 fully saturated rings. The zero-order valence-electron chi connectivity index (χ0n) is 9.22. The molecule has 1 aromatic rings. The first-order chi connectivity index (χ1) is 7.54. The van der Waals surface area contributed by atoms with E-state index < -0.39 is 12.5 Å². The number of hydrogen-bond acceptors (Lipinski definition) is 2. The zero-order valence-corrected chi connectivity index (χ0v) is 9.22. The van der Waals surface area contributed by atoms with Gasteiger partial charge in [0.1, 0.15) is 5.75 Å². The molecule has 1 heterocycles. The van der Waals surface area contributed by atoms with Crippen LogP contribution in [0.1, 0.15) is 18.1 Å². The fourth-order valence-corrected chi connectivity index (χ4v) is 1.76. The van der Waals surface area contributed by atoms with Crippen LogP contribution in [0.2, 0.25) is 0 Å². The fraction of sp³-hybridized carbons (Fsp3) is 0.500. The summed E-state index contributed by atoms with van der Waals surface area (Å²) in [5.74, 6) is -2.27. The van der Waals surface area contributed by atoms with Gasteiger partial charge in [0.15, 0.2) is 6.61 Å². The third-order valence-corrected chi connectivity index (χ3v) is 2.56. The number of nitrogens with one attached hydrogen (secondary N) is 1. The molecule has 0 aliphatic carbocycles. The lowest BCUT2D eigenvalue weighted by Gasteiger charge is -2.18. The van der Waals surface area contributed by atoms with Crippen LogP contribution in [-0.4, -0.2) is 19.1 Å². The predicted octanol–water partition coefficient (Wildman–Crippen LogP) is 2.37. The summed E-state index contributed by atoms with van der Waals surface area (Å²) in [4.78, 5) is 0. The van der Waals surface area contributed by atoms with E-state index >= 15 is 0 Å². The van der Waals surface area contributed by atoms with Gasteiger partial charge >= 0.3 is 0 Å². The van der Waals surface area contributed by atoms with Gasteiger partial charge in [0.05, 0.1) is 0 Å².